The molecule has 0 atom stereocenters. The number of nitrogens with zero attached hydrogens (tertiary/aromatic N) is 1. The van der Waals surface area contributed by atoms with E-state index in [0.717, 1.165) is 23.9 Å². The molecule has 1 amide bonds. The first-order valence-corrected chi connectivity index (χ1v) is 12.1. The Morgan fingerprint density at radius 1 is 1.10 bits per heavy atom. The zero-order chi connectivity index (χ0) is 22.4. The fourth-order valence-electron chi connectivity index (χ4n) is 2.69. The molecule has 0 fully saturated rings. The predicted octanol–water partition coefficient (Wildman–Crippen LogP) is 3.54. The lowest BCUT2D eigenvalue weighted by Crippen LogP contribution is -2.21. The number of hydrogen-bond donors (Lipinski definition) is 2. The van der Waals surface area contributed by atoms with Crippen LogP contribution in [0, 0.1) is 0 Å². The first kappa shape index (κ1) is 22.4. The highest BCUT2D eigenvalue weighted by molar-refractivity contribution is 7.92. The number of carbonyl (C=O) groups is 2. The Morgan fingerprint density at radius 3 is 2.48 bits per heavy atom. The van der Waals surface area contributed by atoms with Crippen LogP contribution in [0.1, 0.15) is 22.8 Å². The summed E-state index contributed by atoms with van der Waals surface area (Å²) in [7, 11) is -3.57. The first-order chi connectivity index (χ1) is 14.7. The SMILES string of the molecule is CCc1ccc(-c2csc(NC(=O)COC(=O)c3ccccc3NS(C)(=O)=O)n2)cc1. The number of benzene rings is 2. The Balaban J connectivity index is 1.58. The summed E-state index contributed by atoms with van der Waals surface area (Å²) in [6.07, 6.45) is 1.93. The summed E-state index contributed by atoms with van der Waals surface area (Å²) in [4.78, 5) is 28.8. The molecule has 8 nitrogen and oxygen atoms in total. The van der Waals surface area contributed by atoms with Gasteiger partial charge >= 0.3 is 5.97 Å². The van der Waals surface area contributed by atoms with Crippen LogP contribution in [-0.4, -0.2) is 38.1 Å². The van der Waals surface area contributed by atoms with Crippen molar-refractivity contribution in [3.63, 3.8) is 0 Å². The lowest BCUT2D eigenvalue weighted by molar-refractivity contribution is -0.119. The van der Waals surface area contributed by atoms with Gasteiger partial charge in [-0.05, 0) is 24.1 Å². The number of para-hydroxylation sites is 1. The van der Waals surface area contributed by atoms with E-state index < -0.39 is 28.5 Å². The molecule has 1 heterocycles. The number of hydrogen-bond acceptors (Lipinski definition) is 7. The molecule has 0 aliphatic rings. The predicted molar refractivity (Wildman–Crippen MR) is 121 cm³/mol. The van der Waals surface area contributed by atoms with Gasteiger partial charge in [0.15, 0.2) is 11.7 Å². The van der Waals surface area contributed by atoms with Crippen LogP contribution in [0.15, 0.2) is 53.9 Å². The number of rotatable bonds is 8. The number of aryl methyl sites for hydroxylation is 1. The number of nitrogens with one attached hydrogen (secondary N) is 2. The normalized spacial score (nSPS) is 11.0. The molecular formula is C21H21N3O5S2. The Morgan fingerprint density at radius 2 is 1.81 bits per heavy atom. The van der Waals surface area contributed by atoms with E-state index in [4.69, 9.17) is 4.74 Å². The molecule has 0 saturated heterocycles. The van der Waals surface area contributed by atoms with Crippen molar-refractivity contribution in [2.24, 2.45) is 0 Å². The maximum atomic E-state index is 12.3. The highest BCUT2D eigenvalue weighted by Gasteiger charge is 2.17. The van der Waals surface area contributed by atoms with Crippen molar-refractivity contribution in [2.45, 2.75) is 13.3 Å². The number of sulfonamides is 1. The van der Waals surface area contributed by atoms with Crippen LogP contribution in [0.4, 0.5) is 10.8 Å². The van der Waals surface area contributed by atoms with Crippen LogP contribution in [-0.2, 0) is 26.0 Å². The topological polar surface area (TPSA) is 114 Å². The molecule has 2 aromatic carbocycles. The van der Waals surface area contributed by atoms with Crippen LogP contribution >= 0.6 is 11.3 Å². The molecule has 0 saturated carbocycles. The van der Waals surface area contributed by atoms with E-state index >= 15 is 0 Å². The van der Waals surface area contributed by atoms with Gasteiger partial charge < -0.3 is 4.74 Å². The summed E-state index contributed by atoms with van der Waals surface area (Å²) in [6, 6.07) is 14.0. The molecule has 3 rings (SSSR count). The van der Waals surface area contributed by atoms with Crippen molar-refractivity contribution in [1.29, 1.82) is 0 Å². The molecule has 1 aromatic heterocycles. The van der Waals surface area contributed by atoms with E-state index in [-0.39, 0.29) is 11.3 Å². The third-order valence-electron chi connectivity index (χ3n) is 4.19. The number of ether oxygens (including phenoxy) is 1. The quantitative estimate of drug-likeness (QED) is 0.498. The molecule has 0 bridgehead atoms. The van der Waals surface area contributed by atoms with E-state index in [0.29, 0.717) is 5.13 Å². The summed E-state index contributed by atoms with van der Waals surface area (Å²) >= 11 is 1.26. The van der Waals surface area contributed by atoms with Crippen LogP contribution in [0.2, 0.25) is 0 Å². The monoisotopic (exact) mass is 459 g/mol. The summed E-state index contributed by atoms with van der Waals surface area (Å²) in [6.45, 7) is 1.55. The molecule has 0 unspecified atom stereocenters. The number of aromatic nitrogens is 1. The van der Waals surface area contributed by atoms with Crippen molar-refractivity contribution >= 4 is 44.1 Å². The van der Waals surface area contributed by atoms with Crippen LogP contribution in [0.25, 0.3) is 11.3 Å². The Labute approximate surface area is 184 Å². The lowest BCUT2D eigenvalue weighted by Gasteiger charge is -2.10. The Kier molecular flexibility index (Phi) is 7.03. The summed E-state index contributed by atoms with van der Waals surface area (Å²) in [5.74, 6) is -1.37. The van der Waals surface area contributed by atoms with E-state index in [2.05, 4.69) is 21.9 Å². The van der Waals surface area contributed by atoms with Crippen molar-refractivity contribution in [3.8, 4) is 11.3 Å². The molecule has 2 N–H and O–H groups in total. The zero-order valence-electron chi connectivity index (χ0n) is 16.9. The average molecular weight is 460 g/mol. The number of esters is 1. The van der Waals surface area contributed by atoms with Crippen molar-refractivity contribution in [1.82, 2.24) is 4.98 Å². The fourth-order valence-corrected chi connectivity index (χ4v) is 4.00. The number of carbonyl (C=O) groups excluding carboxylic acids is 2. The molecule has 162 valence electrons. The van der Waals surface area contributed by atoms with Gasteiger partial charge in [-0.15, -0.1) is 11.3 Å². The van der Waals surface area contributed by atoms with E-state index in [9.17, 15) is 18.0 Å². The van der Waals surface area contributed by atoms with Gasteiger partial charge in [0.05, 0.1) is 23.2 Å². The van der Waals surface area contributed by atoms with Gasteiger partial charge in [-0.2, -0.15) is 0 Å². The summed E-state index contributed by atoms with van der Waals surface area (Å²) < 4.78 is 30.2. The second-order valence-corrected chi connectivity index (χ2v) is 9.24. The van der Waals surface area contributed by atoms with Crippen molar-refractivity contribution < 1.29 is 22.7 Å². The molecule has 0 aliphatic heterocycles. The third kappa shape index (κ3) is 6.37. The number of amides is 1. The molecule has 31 heavy (non-hydrogen) atoms. The Hall–Kier alpha value is -3.24. The van der Waals surface area contributed by atoms with Gasteiger partial charge in [0.2, 0.25) is 10.0 Å². The van der Waals surface area contributed by atoms with E-state index in [1.807, 2.05) is 29.6 Å². The maximum absolute atomic E-state index is 12.3. The molecule has 0 aliphatic carbocycles. The van der Waals surface area contributed by atoms with Gasteiger partial charge in [0.1, 0.15) is 0 Å². The first-order valence-electron chi connectivity index (χ1n) is 9.34. The highest BCUT2D eigenvalue weighted by Crippen LogP contribution is 2.25. The average Bonchev–Trinajstić information content (AvgIpc) is 3.19. The number of anilines is 2. The maximum Gasteiger partial charge on any atom is 0.340 e. The van der Waals surface area contributed by atoms with Crippen molar-refractivity contribution in [3.05, 3.63) is 65.0 Å². The van der Waals surface area contributed by atoms with Crippen LogP contribution in [0.5, 0.6) is 0 Å². The lowest BCUT2D eigenvalue weighted by atomic mass is 10.1. The number of thiazole rings is 1. The molecule has 0 radical (unpaired) electrons. The van der Waals surface area contributed by atoms with Crippen molar-refractivity contribution in [2.75, 3.05) is 22.9 Å². The van der Waals surface area contributed by atoms with Gasteiger partial charge in [-0.1, -0.05) is 43.3 Å². The van der Waals surface area contributed by atoms with Crippen LogP contribution < -0.4 is 10.0 Å². The van der Waals surface area contributed by atoms with E-state index in [1.54, 1.807) is 12.1 Å². The zero-order valence-corrected chi connectivity index (χ0v) is 18.5. The fraction of sp³-hybridized carbons (Fsp3) is 0.190. The van der Waals surface area contributed by atoms with Gasteiger partial charge in [-0.3, -0.25) is 14.8 Å². The molecular weight excluding hydrogens is 438 g/mol. The second kappa shape index (κ2) is 9.71. The van der Waals surface area contributed by atoms with E-state index in [1.165, 1.54) is 29.0 Å². The summed E-state index contributed by atoms with van der Waals surface area (Å²) in [5.41, 5.74) is 2.99. The second-order valence-electron chi connectivity index (χ2n) is 6.63. The summed E-state index contributed by atoms with van der Waals surface area (Å²) in [5, 5.41) is 4.81. The minimum Gasteiger partial charge on any atom is -0.452 e. The highest BCUT2D eigenvalue weighted by atomic mass is 32.2. The molecule has 3 aromatic rings. The minimum atomic E-state index is -3.57. The Bertz CT molecular complexity index is 1190. The minimum absolute atomic E-state index is 0.00721. The standard InChI is InChI=1S/C21H21N3O5S2/c1-3-14-8-10-15(11-9-14)18-13-30-21(22-18)23-19(25)12-29-20(26)16-6-4-5-7-17(16)24-31(2,27)28/h4-11,13,24H,3,12H2,1-2H3,(H,22,23,25). The van der Waals surface area contributed by atoms with Gasteiger partial charge in [0.25, 0.3) is 5.91 Å². The van der Waals surface area contributed by atoms with Gasteiger partial charge in [0, 0.05) is 10.9 Å². The van der Waals surface area contributed by atoms with Gasteiger partial charge in [-0.25, -0.2) is 18.2 Å². The molecule has 10 heteroatoms. The molecule has 0 spiro atoms. The smallest absolute Gasteiger partial charge is 0.340 e. The largest absolute Gasteiger partial charge is 0.452 e. The third-order valence-corrected chi connectivity index (χ3v) is 5.53. The van der Waals surface area contributed by atoms with Crippen LogP contribution in [0.3, 0.4) is 0 Å².